The maximum absolute atomic E-state index is 12.7. The third-order valence-corrected chi connectivity index (χ3v) is 11.9. The fourth-order valence-electron chi connectivity index (χ4n) is 9.35. The Balaban J connectivity index is 0.999. The van der Waals surface area contributed by atoms with E-state index < -0.39 is 5.97 Å². The van der Waals surface area contributed by atoms with Crippen LogP contribution >= 0.6 is 11.3 Å². The first-order valence-electron chi connectivity index (χ1n) is 16.3. The molecule has 0 radical (unpaired) electrons. The van der Waals surface area contributed by atoms with E-state index in [1.165, 1.54) is 61.9 Å². The Morgan fingerprint density at radius 1 is 1.09 bits per heavy atom. The Hall–Kier alpha value is -4.12. The molecule has 5 aliphatic rings. The Morgan fingerprint density at radius 2 is 1.87 bits per heavy atom. The number of aromatic carboxylic acids is 1. The smallest absolute Gasteiger partial charge is 0.340 e. The van der Waals surface area contributed by atoms with Crippen LogP contribution in [0.5, 0.6) is 0 Å². The van der Waals surface area contributed by atoms with Crippen molar-refractivity contribution in [3.05, 3.63) is 58.6 Å². The summed E-state index contributed by atoms with van der Waals surface area (Å²) in [5.41, 5.74) is 5.73. The Kier molecular flexibility index (Phi) is 6.17. The average Bonchev–Trinajstić information content (AvgIpc) is 3.75. The second-order valence-corrected chi connectivity index (χ2v) is 15.2. The molecule has 0 aliphatic heterocycles. The van der Waals surface area contributed by atoms with E-state index in [1.807, 2.05) is 37.6 Å². The minimum absolute atomic E-state index is 0.161. The van der Waals surface area contributed by atoms with E-state index >= 15 is 0 Å². The number of fused-ring (bicyclic) bond motifs is 2. The van der Waals surface area contributed by atoms with Crippen molar-refractivity contribution in [1.29, 1.82) is 0 Å². The Bertz CT molecular complexity index is 1910. The van der Waals surface area contributed by atoms with Crippen LogP contribution in [0.15, 0.2) is 36.9 Å². The molecule has 0 aromatic carbocycles. The average molecular weight is 621 g/mol. The number of carboxylic acid groups (broad SMARTS) is 1. The van der Waals surface area contributed by atoms with Gasteiger partial charge in [0.2, 0.25) is 0 Å². The number of hydrogen-bond acceptors (Lipinski definition) is 8. The number of imidazole rings is 1. The Labute approximate surface area is 265 Å². The number of carbonyl (C=O) groups is 1. The largest absolute Gasteiger partial charge is 0.478 e. The number of thiazole rings is 1. The topological polar surface area (TPSA) is 123 Å². The number of carboxylic acids is 1. The van der Waals surface area contributed by atoms with Crippen LogP contribution in [0, 0.1) is 30.1 Å². The van der Waals surface area contributed by atoms with E-state index in [0.29, 0.717) is 33.8 Å². The molecule has 5 aromatic rings. The lowest BCUT2D eigenvalue weighted by Crippen LogP contribution is -2.47. The molecule has 5 aromatic heterocycles. The summed E-state index contributed by atoms with van der Waals surface area (Å²) >= 11 is 1.70. The monoisotopic (exact) mass is 620 g/mol. The normalized spacial score (nSPS) is 25.1. The van der Waals surface area contributed by atoms with Crippen molar-refractivity contribution in [2.75, 3.05) is 5.32 Å². The zero-order valence-corrected chi connectivity index (χ0v) is 26.2. The molecule has 4 bridgehead atoms. The molecule has 0 atom stereocenters. The number of aryl methyl sites for hydroxylation is 3. The minimum atomic E-state index is -1.02. The van der Waals surface area contributed by atoms with Crippen LogP contribution < -0.4 is 5.32 Å². The number of pyridine rings is 1. The minimum Gasteiger partial charge on any atom is -0.478 e. The summed E-state index contributed by atoms with van der Waals surface area (Å²) < 4.78 is 3.85. The molecule has 5 aliphatic carbocycles. The predicted molar refractivity (Wildman–Crippen MR) is 172 cm³/mol. The molecule has 11 heteroatoms. The molecule has 4 saturated carbocycles. The van der Waals surface area contributed by atoms with Crippen LogP contribution in [0.25, 0.3) is 28.2 Å². The zero-order chi connectivity index (χ0) is 30.3. The highest BCUT2D eigenvalue weighted by Gasteiger charge is 2.51. The second kappa shape index (κ2) is 10.2. The summed E-state index contributed by atoms with van der Waals surface area (Å²) in [6.07, 6.45) is 20.1. The van der Waals surface area contributed by atoms with Gasteiger partial charge in [0.05, 0.1) is 23.8 Å². The molecular formula is C34H36N8O2S. The lowest BCUT2D eigenvalue weighted by Gasteiger charge is -2.56. The number of nitrogens with one attached hydrogen (secondary N) is 1. The zero-order valence-electron chi connectivity index (χ0n) is 25.4. The van der Waals surface area contributed by atoms with E-state index in [4.69, 9.17) is 10.1 Å². The van der Waals surface area contributed by atoms with Crippen molar-refractivity contribution >= 4 is 33.9 Å². The Morgan fingerprint density at radius 3 is 2.60 bits per heavy atom. The van der Waals surface area contributed by atoms with Crippen LogP contribution in [0.4, 0.5) is 10.9 Å². The number of nitrogens with zero attached hydrogens (tertiary/aromatic N) is 7. The molecule has 0 saturated heterocycles. The van der Waals surface area contributed by atoms with Gasteiger partial charge in [-0.05, 0) is 112 Å². The van der Waals surface area contributed by atoms with Gasteiger partial charge in [0.25, 0.3) is 0 Å². The second-order valence-electron chi connectivity index (χ2n) is 14.1. The van der Waals surface area contributed by atoms with E-state index in [1.54, 1.807) is 21.9 Å². The first-order valence-corrected chi connectivity index (χ1v) is 17.1. The van der Waals surface area contributed by atoms with Gasteiger partial charge in [-0.1, -0.05) is 0 Å². The molecular weight excluding hydrogens is 584 g/mol. The van der Waals surface area contributed by atoms with E-state index in [2.05, 4.69) is 25.2 Å². The number of rotatable bonds is 7. The van der Waals surface area contributed by atoms with Gasteiger partial charge in [0, 0.05) is 34.9 Å². The summed E-state index contributed by atoms with van der Waals surface area (Å²) in [6.45, 7) is 2.90. The third-order valence-electron chi connectivity index (χ3n) is 10.8. The molecule has 2 N–H and O–H groups in total. The van der Waals surface area contributed by atoms with Gasteiger partial charge in [-0.15, -0.1) is 21.5 Å². The summed E-state index contributed by atoms with van der Waals surface area (Å²) in [5, 5.41) is 28.3. The van der Waals surface area contributed by atoms with Crippen molar-refractivity contribution in [2.45, 2.75) is 77.7 Å². The molecule has 4 fully saturated rings. The van der Waals surface area contributed by atoms with Crippen LogP contribution in [0.2, 0.25) is 0 Å². The molecule has 0 unspecified atom stereocenters. The number of aromatic nitrogens is 7. The lowest BCUT2D eigenvalue weighted by molar-refractivity contribution is -0.0635. The highest BCUT2D eigenvalue weighted by molar-refractivity contribution is 7.15. The number of anilines is 2. The van der Waals surface area contributed by atoms with Gasteiger partial charge in [0.15, 0.2) is 16.6 Å². The van der Waals surface area contributed by atoms with Crippen LogP contribution in [0.1, 0.15) is 77.9 Å². The van der Waals surface area contributed by atoms with Crippen LogP contribution in [0.3, 0.4) is 0 Å². The summed E-state index contributed by atoms with van der Waals surface area (Å²) in [7, 11) is 0. The quantitative estimate of drug-likeness (QED) is 0.200. The van der Waals surface area contributed by atoms with Crippen LogP contribution in [-0.4, -0.2) is 45.4 Å². The predicted octanol–water partition coefficient (Wildman–Crippen LogP) is 6.96. The van der Waals surface area contributed by atoms with E-state index in [0.717, 1.165) is 53.4 Å². The maximum atomic E-state index is 12.7. The van der Waals surface area contributed by atoms with Gasteiger partial charge >= 0.3 is 5.97 Å². The first kappa shape index (κ1) is 27.2. The van der Waals surface area contributed by atoms with Gasteiger partial charge < -0.3 is 10.4 Å². The SMILES string of the molecule is Cc1cc(-c2cnc3c(C(=O)O)c(-c4cnn(CC56CC7CC(CC(C7)C5)C6)c4)ccn23)nnc1Nc1nc2c(s1)CCCC2. The molecule has 0 amide bonds. The van der Waals surface area contributed by atoms with Crippen molar-refractivity contribution < 1.29 is 9.90 Å². The van der Waals surface area contributed by atoms with E-state index in [-0.39, 0.29) is 5.56 Å². The highest BCUT2D eigenvalue weighted by Crippen LogP contribution is 2.60. The fourth-order valence-corrected chi connectivity index (χ4v) is 10.4. The molecule has 230 valence electrons. The molecule has 45 heavy (non-hydrogen) atoms. The number of hydrogen-bond donors (Lipinski definition) is 2. The maximum Gasteiger partial charge on any atom is 0.340 e. The van der Waals surface area contributed by atoms with E-state index in [9.17, 15) is 9.90 Å². The summed E-state index contributed by atoms with van der Waals surface area (Å²) in [6, 6.07) is 3.81. The van der Waals surface area contributed by atoms with Crippen molar-refractivity contribution in [3.8, 4) is 22.5 Å². The first-order chi connectivity index (χ1) is 21.9. The van der Waals surface area contributed by atoms with Gasteiger partial charge in [-0.25, -0.2) is 14.8 Å². The molecule has 5 heterocycles. The third kappa shape index (κ3) is 4.65. The van der Waals surface area contributed by atoms with Crippen molar-refractivity contribution in [3.63, 3.8) is 0 Å². The molecule has 10 rings (SSSR count). The summed E-state index contributed by atoms with van der Waals surface area (Å²) in [5.74, 6) is 2.29. The fraction of sp³-hybridized carbons (Fsp3) is 0.471. The van der Waals surface area contributed by atoms with Gasteiger partial charge in [0.1, 0.15) is 11.3 Å². The standard InChI is InChI=1S/C34H36N8O2S/c1-19-8-26(39-40-30(19)38-33-37-25-4-2-3-5-28(25)45-33)27-16-35-31-29(32(43)44)24(6-7-42(27)31)23-15-36-41(17-23)18-34-12-20-9-21(13-34)11-22(10-20)14-34/h6-8,15-17,20-22H,2-5,9-14,18H2,1H3,(H,43,44)(H,37,38,40). The van der Waals surface area contributed by atoms with Crippen LogP contribution in [-0.2, 0) is 19.4 Å². The highest BCUT2D eigenvalue weighted by atomic mass is 32.1. The van der Waals surface area contributed by atoms with Gasteiger partial charge in [-0.3, -0.25) is 9.08 Å². The van der Waals surface area contributed by atoms with Crippen molar-refractivity contribution in [1.82, 2.24) is 34.3 Å². The molecule has 10 nitrogen and oxygen atoms in total. The molecule has 0 spiro atoms. The lowest BCUT2D eigenvalue weighted by atomic mass is 9.49. The van der Waals surface area contributed by atoms with Gasteiger partial charge in [-0.2, -0.15) is 5.10 Å². The summed E-state index contributed by atoms with van der Waals surface area (Å²) in [4.78, 5) is 23.4. The van der Waals surface area contributed by atoms with Crippen molar-refractivity contribution in [2.24, 2.45) is 23.2 Å².